The number of rotatable bonds is 8. The largest absolute Gasteiger partial charge is 0.480 e. The second-order valence-corrected chi connectivity index (χ2v) is 7.23. The second-order valence-electron chi connectivity index (χ2n) is 7.23. The van der Waals surface area contributed by atoms with Crippen molar-refractivity contribution in [3.8, 4) is 0 Å². The monoisotopic (exact) mass is 382 g/mol. The third-order valence-corrected chi connectivity index (χ3v) is 4.24. The van der Waals surface area contributed by atoms with Crippen molar-refractivity contribution in [1.82, 2.24) is 5.32 Å². The topological polar surface area (TPSA) is 95.5 Å². The average molecular weight is 382 g/mol. The minimum atomic E-state index is -1.09. The lowest BCUT2D eigenvalue weighted by atomic mass is 10.0. The SMILES string of the molecule is Cc1cc(C(=O)N[C@H](Cc2ccccc2)C(=O)O)ccc1NC(=O)CC(C)C. The van der Waals surface area contributed by atoms with Crippen molar-refractivity contribution in [2.75, 3.05) is 5.32 Å². The minimum Gasteiger partial charge on any atom is -0.480 e. The van der Waals surface area contributed by atoms with E-state index >= 15 is 0 Å². The van der Waals surface area contributed by atoms with Gasteiger partial charge in [-0.1, -0.05) is 44.2 Å². The van der Waals surface area contributed by atoms with E-state index in [1.54, 1.807) is 25.1 Å². The number of aryl methyl sites for hydroxylation is 1. The first-order valence-corrected chi connectivity index (χ1v) is 9.24. The molecule has 0 unspecified atom stereocenters. The molecule has 28 heavy (non-hydrogen) atoms. The Morgan fingerprint density at radius 2 is 1.71 bits per heavy atom. The second kappa shape index (κ2) is 9.69. The van der Waals surface area contributed by atoms with Gasteiger partial charge in [0.25, 0.3) is 5.91 Å². The van der Waals surface area contributed by atoms with E-state index in [1.165, 1.54) is 0 Å². The number of carboxylic acids is 1. The third-order valence-electron chi connectivity index (χ3n) is 4.24. The van der Waals surface area contributed by atoms with E-state index in [-0.39, 0.29) is 18.2 Å². The molecule has 6 heteroatoms. The molecule has 0 saturated heterocycles. The number of nitrogens with one attached hydrogen (secondary N) is 2. The van der Waals surface area contributed by atoms with Gasteiger partial charge in [-0.05, 0) is 42.2 Å². The van der Waals surface area contributed by atoms with E-state index in [4.69, 9.17) is 0 Å². The Hall–Kier alpha value is -3.15. The fourth-order valence-electron chi connectivity index (χ4n) is 2.81. The molecular formula is C22H26N2O4. The molecule has 0 radical (unpaired) electrons. The Kier molecular flexibility index (Phi) is 7.32. The molecule has 0 heterocycles. The van der Waals surface area contributed by atoms with Crippen LogP contribution in [0.25, 0.3) is 0 Å². The van der Waals surface area contributed by atoms with Crippen LogP contribution in [0.3, 0.4) is 0 Å². The van der Waals surface area contributed by atoms with Gasteiger partial charge in [-0.2, -0.15) is 0 Å². The molecule has 1 atom stereocenters. The highest BCUT2D eigenvalue weighted by Gasteiger charge is 2.21. The highest BCUT2D eigenvalue weighted by atomic mass is 16.4. The van der Waals surface area contributed by atoms with Crippen molar-refractivity contribution in [3.05, 3.63) is 65.2 Å². The Morgan fingerprint density at radius 3 is 2.29 bits per heavy atom. The lowest BCUT2D eigenvalue weighted by Gasteiger charge is -2.16. The highest BCUT2D eigenvalue weighted by Crippen LogP contribution is 2.18. The molecule has 0 aromatic heterocycles. The highest BCUT2D eigenvalue weighted by molar-refractivity contribution is 5.98. The lowest BCUT2D eigenvalue weighted by molar-refractivity contribution is -0.139. The Bertz CT molecular complexity index is 847. The van der Waals surface area contributed by atoms with Crippen LogP contribution in [0.5, 0.6) is 0 Å². The first-order chi connectivity index (χ1) is 13.3. The smallest absolute Gasteiger partial charge is 0.326 e. The van der Waals surface area contributed by atoms with E-state index in [0.717, 1.165) is 11.1 Å². The molecule has 2 aromatic carbocycles. The standard InChI is InChI=1S/C22H26N2O4/c1-14(2)11-20(25)23-18-10-9-17(12-15(18)3)21(26)24-19(22(27)28)13-16-7-5-4-6-8-16/h4-10,12,14,19H,11,13H2,1-3H3,(H,23,25)(H,24,26)(H,27,28)/t19-/m1/s1. The van der Waals surface area contributed by atoms with Gasteiger partial charge < -0.3 is 15.7 Å². The summed E-state index contributed by atoms with van der Waals surface area (Å²) in [5.41, 5.74) is 2.55. The van der Waals surface area contributed by atoms with Crippen LogP contribution >= 0.6 is 0 Å². The number of carboxylic acid groups (broad SMARTS) is 1. The zero-order chi connectivity index (χ0) is 20.7. The van der Waals surface area contributed by atoms with Crippen LogP contribution < -0.4 is 10.6 Å². The van der Waals surface area contributed by atoms with Crippen LogP contribution in [0.15, 0.2) is 48.5 Å². The summed E-state index contributed by atoms with van der Waals surface area (Å²) < 4.78 is 0. The summed E-state index contributed by atoms with van der Waals surface area (Å²) in [5, 5.41) is 14.8. The number of anilines is 1. The van der Waals surface area contributed by atoms with E-state index in [9.17, 15) is 19.5 Å². The van der Waals surface area contributed by atoms with Gasteiger partial charge in [0.2, 0.25) is 5.91 Å². The average Bonchev–Trinajstić information content (AvgIpc) is 2.62. The van der Waals surface area contributed by atoms with E-state index in [1.807, 2.05) is 44.2 Å². The van der Waals surface area contributed by atoms with E-state index < -0.39 is 17.9 Å². The van der Waals surface area contributed by atoms with Crippen LogP contribution in [0.1, 0.15) is 41.8 Å². The van der Waals surface area contributed by atoms with Crippen LogP contribution in [0, 0.1) is 12.8 Å². The molecule has 0 saturated carbocycles. The molecule has 0 spiro atoms. The fourth-order valence-corrected chi connectivity index (χ4v) is 2.81. The van der Waals surface area contributed by atoms with Gasteiger partial charge in [-0.15, -0.1) is 0 Å². The molecule has 148 valence electrons. The van der Waals surface area contributed by atoms with Gasteiger partial charge in [-0.3, -0.25) is 9.59 Å². The fraction of sp³-hybridized carbons (Fsp3) is 0.318. The van der Waals surface area contributed by atoms with Crippen LogP contribution in [0.2, 0.25) is 0 Å². The Morgan fingerprint density at radius 1 is 1.04 bits per heavy atom. The third kappa shape index (κ3) is 6.23. The lowest BCUT2D eigenvalue weighted by Crippen LogP contribution is -2.42. The molecule has 2 aromatic rings. The molecule has 2 rings (SSSR count). The van der Waals surface area contributed by atoms with Gasteiger partial charge in [0.1, 0.15) is 6.04 Å². The molecule has 2 amide bonds. The number of benzene rings is 2. The first kappa shape index (κ1) is 21.2. The number of carbonyl (C=O) groups is 3. The molecule has 0 aliphatic heterocycles. The van der Waals surface area contributed by atoms with Crippen LogP contribution in [-0.2, 0) is 16.0 Å². The van der Waals surface area contributed by atoms with Gasteiger partial charge in [-0.25, -0.2) is 4.79 Å². The number of hydrogen-bond acceptors (Lipinski definition) is 3. The van der Waals surface area contributed by atoms with Crippen molar-refractivity contribution in [2.45, 2.75) is 39.7 Å². The van der Waals surface area contributed by atoms with Gasteiger partial charge >= 0.3 is 5.97 Å². The van der Waals surface area contributed by atoms with Gasteiger partial charge in [0.05, 0.1) is 0 Å². The molecule has 0 aliphatic carbocycles. The normalized spacial score (nSPS) is 11.7. The molecule has 6 nitrogen and oxygen atoms in total. The molecule has 0 aliphatic rings. The van der Waals surface area contributed by atoms with Crippen LogP contribution in [-0.4, -0.2) is 28.9 Å². The van der Waals surface area contributed by atoms with Crippen LogP contribution in [0.4, 0.5) is 5.69 Å². The van der Waals surface area contributed by atoms with Gasteiger partial charge in [0.15, 0.2) is 0 Å². The summed E-state index contributed by atoms with van der Waals surface area (Å²) in [7, 11) is 0. The van der Waals surface area contributed by atoms with E-state index in [2.05, 4.69) is 10.6 Å². The number of carbonyl (C=O) groups excluding carboxylic acids is 2. The molecule has 0 fully saturated rings. The predicted octanol–water partition coefficient (Wildman–Crippen LogP) is 3.41. The zero-order valence-corrected chi connectivity index (χ0v) is 16.4. The maximum absolute atomic E-state index is 12.5. The summed E-state index contributed by atoms with van der Waals surface area (Å²) in [4.78, 5) is 36.0. The molecule has 0 bridgehead atoms. The number of hydrogen-bond donors (Lipinski definition) is 3. The van der Waals surface area contributed by atoms with Crippen molar-refractivity contribution in [2.24, 2.45) is 5.92 Å². The van der Waals surface area contributed by atoms with Crippen molar-refractivity contribution >= 4 is 23.5 Å². The van der Waals surface area contributed by atoms with Crippen molar-refractivity contribution < 1.29 is 19.5 Å². The minimum absolute atomic E-state index is 0.0795. The first-order valence-electron chi connectivity index (χ1n) is 9.24. The van der Waals surface area contributed by atoms with Crippen molar-refractivity contribution in [3.63, 3.8) is 0 Å². The summed E-state index contributed by atoms with van der Waals surface area (Å²) in [6.07, 6.45) is 0.617. The summed E-state index contributed by atoms with van der Waals surface area (Å²) >= 11 is 0. The molecular weight excluding hydrogens is 356 g/mol. The van der Waals surface area contributed by atoms with Crippen molar-refractivity contribution in [1.29, 1.82) is 0 Å². The maximum atomic E-state index is 12.5. The van der Waals surface area contributed by atoms with Gasteiger partial charge in [0, 0.05) is 24.1 Å². The summed E-state index contributed by atoms with van der Waals surface area (Å²) in [6.45, 7) is 5.72. The summed E-state index contributed by atoms with van der Waals surface area (Å²) in [5.74, 6) is -1.38. The maximum Gasteiger partial charge on any atom is 0.326 e. The zero-order valence-electron chi connectivity index (χ0n) is 16.4. The van der Waals surface area contributed by atoms with E-state index in [0.29, 0.717) is 17.7 Å². The predicted molar refractivity (Wildman–Crippen MR) is 108 cm³/mol. The Balaban J connectivity index is 2.07. The summed E-state index contributed by atoms with van der Waals surface area (Å²) in [6, 6.07) is 13.0. The Labute approximate surface area is 165 Å². The quantitative estimate of drug-likeness (QED) is 0.652. The number of amides is 2. The molecule has 3 N–H and O–H groups in total. The number of aliphatic carboxylic acids is 1.